The summed E-state index contributed by atoms with van der Waals surface area (Å²) >= 11 is 0. The Kier molecular flexibility index (Phi) is 3.73. The Labute approximate surface area is 143 Å². The molecule has 0 aliphatic carbocycles. The first kappa shape index (κ1) is 15.7. The van der Waals surface area contributed by atoms with Gasteiger partial charge in [-0.25, -0.2) is 0 Å². The molecule has 0 unspecified atom stereocenters. The van der Waals surface area contributed by atoms with E-state index in [1.165, 1.54) is 17.0 Å². The highest BCUT2D eigenvalue weighted by Crippen LogP contribution is 2.35. The lowest BCUT2D eigenvalue weighted by atomic mass is 9.91. The van der Waals surface area contributed by atoms with Gasteiger partial charge in [0.25, 0.3) is 17.5 Å². The van der Waals surface area contributed by atoms with Gasteiger partial charge in [-0.05, 0) is 50.0 Å². The molecular weight excluding hydrogens is 322 g/mol. The number of hydrogen-bond donors (Lipinski definition) is 1. The lowest BCUT2D eigenvalue weighted by Gasteiger charge is -2.32. The molecule has 0 bridgehead atoms. The third-order valence-corrected chi connectivity index (χ3v) is 5.06. The molecule has 1 fully saturated rings. The highest BCUT2D eigenvalue weighted by Gasteiger charge is 2.35. The van der Waals surface area contributed by atoms with E-state index in [-0.39, 0.29) is 23.4 Å². The number of nitro benzene ring substituents is 1. The second-order valence-electron chi connectivity index (χ2n) is 6.53. The zero-order chi connectivity index (χ0) is 17.6. The average Bonchev–Trinajstić information content (AvgIpc) is 2.63. The maximum atomic E-state index is 12.9. The molecule has 2 amide bonds. The predicted octanol–water partition coefficient (Wildman–Crippen LogP) is 2.34. The van der Waals surface area contributed by atoms with E-state index < -0.39 is 4.92 Å². The first-order valence-corrected chi connectivity index (χ1v) is 8.35. The van der Waals surface area contributed by atoms with Crippen LogP contribution in [0.1, 0.15) is 33.6 Å². The monoisotopic (exact) mass is 339 g/mol. The molecule has 0 saturated carbocycles. The summed E-state index contributed by atoms with van der Waals surface area (Å²) in [5, 5.41) is 15.3. The fraction of sp³-hybridized carbons (Fsp3) is 0.333. The van der Waals surface area contributed by atoms with E-state index in [1.54, 1.807) is 18.2 Å². The van der Waals surface area contributed by atoms with Crippen LogP contribution in [0.3, 0.4) is 0 Å². The van der Waals surface area contributed by atoms with Crippen LogP contribution in [-0.4, -0.2) is 41.3 Å². The molecule has 25 heavy (non-hydrogen) atoms. The molecule has 2 aliphatic heterocycles. The lowest BCUT2D eigenvalue weighted by Crippen LogP contribution is -2.45. The molecule has 0 spiro atoms. The maximum Gasteiger partial charge on any atom is 0.277 e. The second kappa shape index (κ2) is 5.93. The van der Waals surface area contributed by atoms with E-state index >= 15 is 0 Å². The summed E-state index contributed by atoms with van der Waals surface area (Å²) in [5.41, 5.74) is 0.641. The Hall–Kier alpha value is -2.80. The Balaban J connectivity index is 1.80. The van der Waals surface area contributed by atoms with Gasteiger partial charge in [-0.3, -0.25) is 24.6 Å². The van der Waals surface area contributed by atoms with Crippen LogP contribution in [0.5, 0.6) is 0 Å². The summed E-state index contributed by atoms with van der Waals surface area (Å²) < 4.78 is 0. The van der Waals surface area contributed by atoms with Crippen LogP contribution < -0.4 is 5.32 Å². The third kappa shape index (κ3) is 2.47. The van der Waals surface area contributed by atoms with Gasteiger partial charge >= 0.3 is 0 Å². The summed E-state index contributed by atoms with van der Waals surface area (Å²) in [6.45, 7) is 2.17. The highest BCUT2D eigenvalue weighted by molar-refractivity contribution is 6.26. The Bertz CT molecular complexity index is 880. The van der Waals surface area contributed by atoms with Crippen molar-refractivity contribution < 1.29 is 14.5 Å². The van der Waals surface area contributed by atoms with Crippen molar-refractivity contribution in [2.75, 3.05) is 19.6 Å². The summed E-state index contributed by atoms with van der Waals surface area (Å²) in [7, 11) is 0. The first-order chi connectivity index (χ1) is 12.1. The molecule has 1 N–H and O–H groups in total. The van der Waals surface area contributed by atoms with E-state index in [0.29, 0.717) is 28.4 Å². The van der Waals surface area contributed by atoms with Crippen molar-refractivity contribution in [3.63, 3.8) is 0 Å². The summed E-state index contributed by atoms with van der Waals surface area (Å²) in [6, 6.07) is 7.67. The van der Waals surface area contributed by atoms with Crippen molar-refractivity contribution in [2.45, 2.75) is 12.8 Å². The second-order valence-corrected chi connectivity index (χ2v) is 6.53. The van der Waals surface area contributed by atoms with Crippen molar-refractivity contribution >= 4 is 28.3 Å². The molecule has 0 radical (unpaired) electrons. The first-order valence-electron chi connectivity index (χ1n) is 8.35. The average molecular weight is 339 g/mol. The molecule has 0 atom stereocenters. The molecule has 2 aromatic carbocycles. The molecule has 2 aliphatic rings. The minimum absolute atomic E-state index is 0.0898. The number of amides is 2. The summed E-state index contributed by atoms with van der Waals surface area (Å²) in [4.78, 5) is 37.8. The van der Waals surface area contributed by atoms with Crippen LogP contribution in [0.25, 0.3) is 10.8 Å². The molecule has 2 aromatic rings. The SMILES string of the molecule is O=C1c2cccc3c([N+](=O)[O-])ccc(c23)C(=O)N1CC1CCNCC1. The molecule has 4 rings (SSSR count). The molecule has 7 heteroatoms. The molecular formula is C18H17N3O4. The molecule has 1 saturated heterocycles. The van der Waals surface area contributed by atoms with E-state index in [9.17, 15) is 19.7 Å². The zero-order valence-electron chi connectivity index (χ0n) is 13.5. The number of hydrogen-bond acceptors (Lipinski definition) is 5. The van der Waals surface area contributed by atoms with Gasteiger partial charge in [0.15, 0.2) is 0 Å². The number of carbonyl (C=O) groups is 2. The topological polar surface area (TPSA) is 92.5 Å². The van der Waals surface area contributed by atoms with E-state index in [1.807, 2.05) is 0 Å². The molecule has 2 heterocycles. The summed E-state index contributed by atoms with van der Waals surface area (Å²) in [5.74, 6) is -0.433. The number of benzene rings is 2. The van der Waals surface area contributed by atoms with Crippen LogP contribution in [0.4, 0.5) is 5.69 Å². The van der Waals surface area contributed by atoms with Gasteiger partial charge < -0.3 is 5.32 Å². The van der Waals surface area contributed by atoms with Crippen LogP contribution in [0, 0.1) is 16.0 Å². The Morgan fingerprint density at radius 3 is 2.44 bits per heavy atom. The third-order valence-electron chi connectivity index (χ3n) is 5.06. The number of nitro groups is 1. The normalized spacial score (nSPS) is 18.0. The minimum atomic E-state index is -0.487. The Morgan fingerprint density at radius 1 is 1.08 bits per heavy atom. The quantitative estimate of drug-likeness (QED) is 0.526. The van der Waals surface area contributed by atoms with Gasteiger partial charge in [0, 0.05) is 29.1 Å². The van der Waals surface area contributed by atoms with Gasteiger partial charge in [-0.15, -0.1) is 0 Å². The van der Waals surface area contributed by atoms with Crippen LogP contribution >= 0.6 is 0 Å². The number of nitrogens with one attached hydrogen (secondary N) is 1. The van der Waals surface area contributed by atoms with E-state index in [0.717, 1.165) is 25.9 Å². The van der Waals surface area contributed by atoms with Crippen molar-refractivity contribution in [1.82, 2.24) is 10.2 Å². The number of nitrogens with zero attached hydrogens (tertiary/aromatic N) is 2. The fourth-order valence-electron chi connectivity index (χ4n) is 3.78. The minimum Gasteiger partial charge on any atom is -0.317 e. The van der Waals surface area contributed by atoms with Crippen LogP contribution in [0.15, 0.2) is 30.3 Å². The number of rotatable bonds is 3. The van der Waals surface area contributed by atoms with Crippen molar-refractivity contribution in [2.24, 2.45) is 5.92 Å². The van der Waals surface area contributed by atoms with E-state index in [2.05, 4.69) is 5.32 Å². The van der Waals surface area contributed by atoms with Crippen LogP contribution in [0.2, 0.25) is 0 Å². The largest absolute Gasteiger partial charge is 0.317 e. The highest BCUT2D eigenvalue weighted by atomic mass is 16.6. The molecule has 128 valence electrons. The van der Waals surface area contributed by atoms with Crippen LogP contribution in [-0.2, 0) is 0 Å². The number of non-ortho nitro benzene ring substituents is 1. The molecule has 7 nitrogen and oxygen atoms in total. The number of imide groups is 1. The predicted molar refractivity (Wildman–Crippen MR) is 91.6 cm³/mol. The van der Waals surface area contributed by atoms with Gasteiger partial charge in [0.2, 0.25) is 0 Å². The van der Waals surface area contributed by atoms with Gasteiger partial charge in [0.1, 0.15) is 0 Å². The van der Waals surface area contributed by atoms with Crippen molar-refractivity contribution in [3.05, 3.63) is 51.6 Å². The lowest BCUT2D eigenvalue weighted by molar-refractivity contribution is -0.383. The fourth-order valence-corrected chi connectivity index (χ4v) is 3.78. The van der Waals surface area contributed by atoms with Gasteiger partial charge in [0.05, 0.1) is 10.3 Å². The van der Waals surface area contributed by atoms with E-state index in [4.69, 9.17) is 0 Å². The molecule has 0 aromatic heterocycles. The van der Waals surface area contributed by atoms with Gasteiger partial charge in [-0.2, -0.15) is 0 Å². The summed E-state index contributed by atoms with van der Waals surface area (Å²) in [6.07, 6.45) is 1.85. The smallest absolute Gasteiger partial charge is 0.277 e. The number of carbonyl (C=O) groups excluding carboxylic acids is 2. The van der Waals surface area contributed by atoms with Crippen molar-refractivity contribution in [1.29, 1.82) is 0 Å². The van der Waals surface area contributed by atoms with Gasteiger partial charge in [-0.1, -0.05) is 6.07 Å². The van der Waals surface area contributed by atoms with Crippen molar-refractivity contribution in [3.8, 4) is 0 Å². The Morgan fingerprint density at radius 2 is 1.76 bits per heavy atom. The standard InChI is InChI=1S/C18H17N3O4/c22-17-13-3-1-2-12-15(21(24)25)5-4-14(16(12)13)18(23)20(17)10-11-6-8-19-9-7-11/h1-5,11,19H,6-10H2. The number of piperidine rings is 1. The zero-order valence-corrected chi connectivity index (χ0v) is 13.5. The maximum absolute atomic E-state index is 12.9.